The van der Waals surface area contributed by atoms with E-state index in [2.05, 4.69) is 10.3 Å². The van der Waals surface area contributed by atoms with E-state index in [1.54, 1.807) is 73.1 Å². The lowest BCUT2D eigenvalue weighted by molar-refractivity contribution is -0.163. The first kappa shape index (κ1) is 36.3. The van der Waals surface area contributed by atoms with Crippen LogP contribution in [-0.2, 0) is 47.2 Å². The van der Waals surface area contributed by atoms with Gasteiger partial charge in [-0.1, -0.05) is 66.7 Å². The van der Waals surface area contributed by atoms with Crippen LogP contribution in [0.1, 0.15) is 30.9 Å². The summed E-state index contributed by atoms with van der Waals surface area (Å²) < 4.78 is 37.6. The second-order valence-electron chi connectivity index (χ2n) is 10.6. The van der Waals surface area contributed by atoms with Gasteiger partial charge in [0.1, 0.15) is 24.2 Å². The molecule has 16 heteroatoms. The van der Waals surface area contributed by atoms with Gasteiger partial charge in [0.05, 0.1) is 6.54 Å². The Morgan fingerprint density at radius 3 is 2.04 bits per heavy atom. The van der Waals surface area contributed by atoms with Crippen LogP contribution in [0.15, 0.2) is 91.3 Å². The molecule has 3 atom stereocenters. The molecule has 2 aromatic carbocycles. The van der Waals surface area contributed by atoms with Crippen molar-refractivity contribution < 1.29 is 46.8 Å². The molecule has 1 aromatic heterocycles. The summed E-state index contributed by atoms with van der Waals surface area (Å²) in [5.74, 6) is -4.77. The molecule has 250 valence electrons. The number of carbonyl (C=O) groups excluding carboxylic acids is 4. The summed E-state index contributed by atoms with van der Waals surface area (Å²) in [6, 6.07) is 19.7. The van der Waals surface area contributed by atoms with Crippen molar-refractivity contribution in [2.45, 2.75) is 50.4 Å². The number of amides is 4. The Morgan fingerprint density at radius 2 is 1.57 bits per heavy atom. The van der Waals surface area contributed by atoms with Crippen molar-refractivity contribution in [3.63, 3.8) is 0 Å². The van der Waals surface area contributed by atoms with Gasteiger partial charge in [-0.2, -0.15) is 8.42 Å². The van der Waals surface area contributed by atoms with Crippen LogP contribution in [-0.4, -0.2) is 86.2 Å². The van der Waals surface area contributed by atoms with Gasteiger partial charge in [-0.15, -0.1) is 0 Å². The number of hydrogen-bond donors (Lipinski definition) is 4. The third-order valence-corrected chi connectivity index (χ3v) is 7.85. The molecule has 1 unspecified atom stereocenters. The fourth-order valence-corrected chi connectivity index (χ4v) is 5.15. The highest BCUT2D eigenvalue weighted by Crippen LogP contribution is 2.26. The van der Waals surface area contributed by atoms with Crippen molar-refractivity contribution in [1.29, 1.82) is 0 Å². The molecule has 0 aliphatic carbocycles. The zero-order chi connectivity index (χ0) is 34.6. The molecule has 4 amide bonds. The molecule has 0 spiro atoms. The van der Waals surface area contributed by atoms with Gasteiger partial charge in [0.2, 0.25) is 5.91 Å². The van der Waals surface area contributed by atoms with Gasteiger partial charge in [0, 0.05) is 25.2 Å². The first-order valence-electron chi connectivity index (χ1n) is 14.2. The molecule has 47 heavy (non-hydrogen) atoms. The number of carboxylic acid groups (broad SMARTS) is 1. The molecule has 0 radical (unpaired) electrons. The molecule has 1 aliphatic rings. The summed E-state index contributed by atoms with van der Waals surface area (Å²) in [5, 5.41) is 11.5. The smallest absolute Gasteiger partial charge is 0.408 e. The second kappa shape index (κ2) is 16.4. The zero-order valence-electron chi connectivity index (χ0n) is 25.3. The van der Waals surface area contributed by atoms with Crippen molar-refractivity contribution >= 4 is 40.1 Å². The fraction of sp³-hybridized carbons (Fsp3) is 0.290. The van der Waals surface area contributed by atoms with Crippen LogP contribution < -0.4 is 11.1 Å². The number of rotatable bonds is 12. The van der Waals surface area contributed by atoms with Gasteiger partial charge < -0.3 is 20.9 Å². The normalized spacial score (nSPS) is 15.9. The quantitative estimate of drug-likeness (QED) is 0.159. The Bertz CT molecular complexity index is 1620. The number of alkyl carbamates (subject to hydrolysis) is 1. The lowest BCUT2D eigenvalue weighted by Crippen LogP contribution is -2.71. The van der Waals surface area contributed by atoms with Crippen LogP contribution in [0.25, 0.3) is 0 Å². The topological polar surface area (TPSA) is 227 Å². The largest absolute Gasteiger partial charge is 0.480 e. The van der Waals surface area contributed by atoms with Crippen LogP contribution >= 0.6 is 0 Å². The highest BCUT2D eigenvalue weighted by molar-refractivity contribution is 7.84. The predicted molar refractivity (Wildman–Crippen MR) is 166 cm³/mol. The van der Waals surface area contributed by atoms with E-state index in [4.69, 9.17) is 15.6 Å². The molecule has 1 fully saturated rings. The van der Waals surface area contributed by atoms with Crippen LogP contribution in [0.2, 0.25) is 0 Å². The van der Waals surface area contributed by atoms with E-state index in [0.717, 1.165) is 0 Å². The number of benzene rings is 2. The summed E-state index contributed by atoms with van der Waals surface area (Å²) >= 11 is 0. The number of β-lactam (4-membered cyclic amide) rings is 1. The highest BCUT2D eigenvalue weighted by atomic mass is 32.2. The summed E-state index contributed by atoms with van der Waals surface area (Å²) in [6.45, 7) is 0.432. The number of ether oxygens (including phenoxy) is 1. The van der Waals surface area contributed by atoms with Crippen LogP contribution in [0.4, 0.5) is 4.79 Å². The average molecular weight is 670 g/mol. The standard InChI is InChI=1S/C26H30N4O10S.C5H5N/c1-26(14-17-8-4-2-5-9-17,28-25(36)40-16-18-10-6-3-7-11-18)24(35)30(21(31)13-12-19(27)23(33)34)20-15-29(22(20)32)41(37,38)39;1-2-4-6-5-3-1/h2-11,19-20H,12-16,27H2,1H3,(H,28,36)(H,33,34)(H,37,38,39);1-5H/t19-,20?,26+;/m1./s1. The second-order valence-corrected chi connectivity index (χ2v) is 12.0. The Labute approximate surface area is 271 Å². The lowest BCUT2D eigenvalue weighted by Gasteiger charge is -2.43. The minimum atomic E-state index is -4.96. The van der Waals surface area contributed by atoms with E-state index < -0.39 is 77.1 Å². The molecule has 3 aromatic rings. The Balaban J connectivity index is 0.000000896. The molecule has 0 saturated carbocycles. The monoisotopic (exact) mass is 669 g/mol. The maximum atomic E-state index is 14.0. The van der Waals surface area contributed by atoms with Crippen molar-refractivity contribution in [3.8, 4) is 0 Å². The van der Waals surface area contributed by atoms with E-state index in [1.807, 2.05) is 18.2 Å². The number of nitrogens with one attached hydrogen (secondary N) is 1. The number of aromatic nitrogens is 1. The minimum absolute atomic E-state index is 0.0737. The summed E-state index contributed by atoms with van der Waals surface area (Å²) in [4.78, 5) is 68.3. The summed E-state index contributed by atoms with van der Waals surface area (Å²) in [5.41, 5.74) is 4.81. The van der Waals surface area contributed by atoms with E-state index in [-0.39, 0.29) is 17.3 Å². The number of nitrogens with two attached hydrogens (primary N) is 1. The Kier molecular flexibility index (Phi) is 12.7. The maximum absolute atomic E-state index is 14.0. The van der Waals surface area contributed by atoms with Crippen molar-refractivity contribution in [2.75, 3.05) is 6.54 Å². The van der Waals surface area contributed by atoms with Gasteiger partial charge in [0.25, 0.3) is 11.8 Å². The maximum Gasteiger partial charge on any atom is 0.408 e. The van der Waals surface area contributed by atoms with Crippen molar-refractivity contribution in [3.05, 3.63) is 102 Å². The van der Waals surface area contributed by atoms with Gasteiger partial charge in [-0.05, 0) is 36.6 Å². The molecule has 2 heterocycles. The number of carboxylic acids is 1. The lowest BCUT2D eigenvalue weighted by atomic mass is 9.89. The number of nitrogens with zero attached hydrogens (tertiary/aromatic N) is 3. The molecule has 4 rings (SSSR count). The first-order valence-corrected chi connectivity index (χ1v) is 15.6. The highest BCUT2D eigenvalue weighted by Gasteiger charge is 2.53. The summed E-state index contributed by atoms with van der Waals surface area (Å²) in [7, 11) is -4.96. The molecule has 15 nitrogen and oxygen atoms in total. The van der Waals surface area contributed by atoms with Gasteiger partial charge in [0.15, 0.2) is 0 Å². The minimum Gasteiger partial charge on any atom is -0.480 e. The van der Waals surface area contributed by atoms with Gasteiger partial charge in [-0.25, -0.2) is 9.10 Å². The first-order chi connectivity index (χ1) is 22.2. The van der Waals surface area contributed by atoms with E-state index in [9.17, 15) is 36.9 Å². The molecule has 5 N–H and O–H groups in total. The Hall–Kier alpha value is -5.19. The predicted octanol–water partition coefficient (Wildman–Crippen LogP) is 1.56. The van der Waals surface area contributed by atoms with E-state index in [0.29, 0.717) is 16.0 Å². The van der Waals surface area contributed by atoms with Crippen LogP contribution in [0, 0.1) is 0 Å². The SMILES string of the molecule is C[C@@](Cc1ccccc1)(NC(=O)OCc1ccccc1)C(=O)N(C(=O)CC[C@@H](N)C(=O)O)C1CN(S(=O)(=O)O)C1=O.c1ccncc1. The van der Waals surface area contributed by atoms with E-state index >= 15 is 0 Å². The van der Waals surface area contributed by atoms with Crippen LogP contribution in [0.5, 0.6) is 0 Å². The van der Waals surface area contributed by atoms with Gasteiger partial charge >= 0.3 is 22.4 Å². The third-order valence-electron chi connectivity index (χ3n) is 6.96. The number of pyridine rings is 1. The number of hydrogen-bond acceptors (Lipinski definition) is 10. The fourth-order valence-electron chi connectivity index (χ4n) is 4.47. The molecular weight excluding hydrogens is 634 g/mol. The van der Waals surface area contributed by atoms with E-state index in [1.165, 1.54) is 6.92 Å². The van der Waals surface area contributed by atoms with Crippen molar-refractivity contribution in [1.82, 2.24) is 19.5 Å². The molecule has 1 saturated heterocycles. The molecular formula is C31H35N5O10S. The summed E-state index contributed by atoms with van der Waals surface area (Å²) in [6.07, 6.45) is 1.33. The number of carbonyl (C=O) groups is 5. The number of aliphatic carboxylic acids is 1. The number of imide groups is 1. The van der Waals surface area contributed by atoms with Gasteiger partial charge in [-0.3, -0.25) is 33.6 Å². The van der Waals surface area contributed by atoms with Crippen molar-refractivity contribution in [2.24, 2.45) is 5.73 Å². The third kappa shape index (κ3) is 10.4. The van der Waals surface area contributed by atoms with Crippen LogP contribution in [0.3, 0.4) is 0 Å². The average Bonchev–Trinajstić information content (AvgIpc) is 3.05. The molecule has 0 bridgehead atoms. The zero-order valence-corrected chi connectivity index (χ0v) is 26.2. The Morgan fingerprint density at radius 1 is 1.02 bits per heavy atom. The molecule has 1 aliphatic heterocycles.